The Morgan fingerprint density at radius 2 is 1.88 bits per heavy atom. The molecule has 2 aliphatic rings. The van der Waals surface area contributed by atoms with E-state index in [1.54, 1.807) is 40.9 Å². The maximum atomic E-state index is 14.9. The molecule has 6 nitrogen and oxygen atoms in total. The normalized spacial score (nSPS) is 18.2. The van der Waals surface area contributed by atoms with Crippen molar-refractivity contribution >= 4 is 36.2 Å². The molecule has 0 saturated heterocycles. The third-order valence-corrected chi connectivity index (χ3v) is 8.91. The third-order valence-electron chi connectivity index (χ3n) is 8.91. The molecule has 2 unspecified atom stereocenters. The van der Waals surface area contributed by atoms with Crippen LogP contribution in [0.4, 0.5) is 33.3 Å². The number of ketones is 1. The summed E-state index contributed by atoms with van der Waals surface area (Å²) in [5, 5.41) is 3.49. The van der Waals surface area contributed by atoms with E-state index in [0.29, 0.717) is 42.1 Å². The first-order chi connectivity index (χ1) is 24.2. The molecule has 0 bridgehead atoms. The molecule has 3 N–H and O–H groups in total. The number of aromatic nitrogens is 1. The molecule has 1 fully saturated rings. The van der Waals surface area contributed by atoms with Gasteiger partial charge >= 0.3 is 6.18 Å². The Morgan fingerprint density at radius 3 is 2.53 bits per heavy atom. The topological polar surface area (TPSA) is 75.6 Å². The van der Waals surface area contributed by atoms with E-state index in [1.165, 1.54) is 32.3 Å². The van der Waals surface area contributed by atoms with Crippen molar-refractivity contribution in [2.75, 3.05) is 25.0 Å². The predicted molar refractivity (Wildman–Crippen MR) is 200 cm³/mol. The van der Waals surface area contributed by atoms with Gasteiger partial charge in [-0.15, -0.1) is 0 Å². The highest BCUT2D eigenvalue weighted by Crippen LogP contribution is 2.39. The van der Waals surface area contributed by atoms with E-state index in [4.69, 9.17) is 5.73 Å². The molecule has 1 aliphatic carbocycles. The van der Waals surface area contributed by atoms with E-state index >= 15 is 0 Å². The minimum absolute atomic E-state index is 0.103. The van der Waals surface area contributed by atoms with Gasteiger partial charge in [0.1, 0.15) is 11.7 Å². The number of hydrogen-bond donors (Lipinski definition) is 2. The SMILES string of the molecule is C=C(/C=C/CNC1CCCCC1C)\C(F)=C/C(=C\C(F)=C\N)C(=O)c1ccc2n1C=CCC=C2.C=Nc1cc(C)c(C(F)(F)F)cc1N(C)CC. The van der Waals surface area contributed by atoms with Gasteiger partial charge in [-0.2, -0.15) is 13.2 Å². The van der Waals surface area contributed by atoms with E-state index in [2.05, 4.69) is 30.5 Å². The molecule has 11 heteroatoms. The Balaban J connectivity index is 0.000000347. The lowest BCUT2D eigenvalue weighted by Crippen LogP contribution is -2.37. The summed E-state index contributed by atoms with van der Waals surface area (Å²) in [5.41, 5.74) is 6.74. The van der Waals surface area contributed by atoms with E-state index < -0.39 is 29.2 Å². The lowest BCUT2D eigenvalue weighted by molar-refractivity contribution is -0.138. The molecule has 51 heavy (non-hydrogen) atoms. The number of anilines is 1. The Labute approximate surface area is 298 Å². The van der Waals surface area contributed by atoms with Crippen LogP contribution in [-0.2, 0) is 6.18 Å². The lowest BCUT2D eigenvalue weighted by atomic mass is 9.86. The molecule has 1 saturated carbocycles. The van der Waals surface area contributed by atoms with E-state index in [9.17, 15) is 26.7 Å². The standard InChI is InChI=1S/C28H33F2N3O.C12H15F3N2/c1-20(10-8-15-32-26-12-6-5-9-21(26)2)25(30)18-22(17-23(29)19-31)28(34)27-14-13-24-11-4-3-7-16-33(24)27;1-5-17(4)11-7-9(12(13,14)15)8(2)6-10(11)16-3/h4,7-8,10-11,13-14,16-19,21,26,32H,1,3,5-6,9,12,15,31H2,2H3;6-7H,3,5H2,1-2,4H3/b10-8+,22-17+,23-19-,25-18+;. The Kier molecular flexibility index (Phi) is 15.2. The van der Waals surface area contributed by atoms with Crippen molar-refractivity contribution in [2.45, 2.75) is 65.1 Å². The molecular formula is C40H48F5N5O. The van der Waals surface area contributed by atoms with Crippen molar-refractivity contribution in [1.82, 2.24) is 9.88 Å². The van der Waals surface area contributed by atoms with E-state index in [-0.39, 0.29) is 16.7 Å². The largest absolute Gasteiger partial charge is 0.416 e. The van der Waals surface area contributed by atoms with Gasteiger partial charge in [-0.05, 0) is 93.8 Å². The monoisotopic (exact) mass is 709 g/mol. The van der Waals surface area contributed by atoms with Crippen molar-refractivity contribution in [2.24, 2.45) is 16.6 Å². The van der Waals surface area contributed by atoms with E-state index in [1.807, 2.05) is 31.2 Å². The molecule has 0 radical (unpaired) electrons. The van der Waals surface area contributed by atoms with Crippen molar-refractivity contribution in [3.8, 4) is 0 Å². The highest BCUT2D eigenvalue weighted by Gasteiger charge is 2.33. The fraction of sp³-hybridized carbons (Fsp3) is 0.350. The van der Waals surface area contributed by atoms with Gasteiger partial charge in [0.25, 0.3) is 0 Å². The Morgan fingerprint density at radius 1 is 1.16 bits per heavy atom. The zero-order valence-corrected chi connectivity index (χ0v) is 29.7. The van der Waals surface area contributed by atoms with Crippen molar-refractivity contribution in [1.29, 1.82) is 0 Å². The zero-order valence-electron chi connectivity index (χ0n) is 29.7. The molecule has 4 rings (SSSR count). The number of carbonyl (C=O) groups is 1. The lowest BCUT2D eigenvalue weighted by Gasteiger charge is -2.29. The smallest absolute Gasteiger partial charge is 0.402 e. The van der Waals surface area contributed by atoms with E-state index in [0.717, 1.165) is 43.0 Å². The number of hydrogen-bond acceptors (Lipinski definition) is 5. The first-order valence-electron chi connectivity index (χ1n) is 17.0. The Hall–Kier alpha value is -4.77. The third kappa shape index (κ3) is 11.4. The molecule has 2 heterocycles. The molecule has 2 aromatic rings. The fourth-order valence-electron chi connectivity index (χ4n) is 5.84. The number of carbonyl (C=O) groups excluding carboxylic acids is 1. The maximum Gasteiger partial charge on any atom is 0.416 e. The van der Waals surface area contributed by atoms with Crippen LogP contribution in [0.3, 0.4) is 0 Å². The molecular weight excluding hydrogens is 661 g/mol. The van der Waals surface area contributed by atoms with Crippen LogP contribution in [0.5, 0.6) is 0 Å². The van der Waals surface area contributed by atoms with Crippen molar-refractivity contribution in [3.05, 3.63) is 119 Å². The number of benzene rings is 1. The molecule has 1 aromatic carbocycles. The van der Waals surface area contributed by atoms with Gasteiger partial charge in [0, 0.05) is 55.4 Å². The second-order valence-corrected chi connectivity index (χ2v) is 12.5. The van der Waals surface area contributed by atoms with Crippen LogP contribution in [0.1, 0.15) is 73.3 Å². The summed E-state index contributed by atoms with van der Waals surface area (Å²) in [5.74, 6) is -1.45. The number of fused-ring (bicyclic) bond motifs is 1. The van der Waals surface area contributed by atoms with Crippen LogP contribution in [0, 0.1) is 12.8 Å². The summed E-state index contributed by atoms with van der Waals surface area (Å²) >= 11 is 0. The second kappa shape index (κ2) is 19.0. The number of allylic oxidation sites excluding steroid dienone is 9. The van der Waals surface area contributed by atoms with Gasteiger partial charge in [0.2, 0.25) is 5.78 Å². The fourth-order valence-corrected chi connectivity index (χ4v) is 5.84. The minimum Gasteiger partial charge on any atom is -0.402 e. The summed E-state index contributed by atoms with van der Waals surface area (Å²) in [4.78, 5) is 18.7. The number of nitrogens with one attached hydrogen (secondary N) is 1. The molecule has 0 spiro atoms. The minimum atomic E-state index is -4.34. The highest BCUT2D eigenvalue weighted by molar-refractivity contribution is 6.10. The molecule has 274 valence electrons. The average molecular weight is 710 g/mol. The number of nitrogens with zero attached hydrogens (tertiary/aromatic N) is 3. The van der Waals surface area contributed by atoms with Crippen LogP contribution in [0.15, 0.2) is 101 Å². The number of halogens is 5. The molecule has 0 amide bonds. The first-order valence-corrected chi connectivity index (χ1v) is 17.0. The highest BCUT2D eigenvalue weighted by atomic mass is 19.4. The van der Waals surface area contributed by atoms with Gasteiger partial charge in [0.05, 0.1) is 22.6 Å². The van der Waals surface area contributed by atoms with Crippen LogP contribution in [0.2, 0.25) is 0 Å². The molecule has 1 aromatic heterocycles. The van der Waals surface area contributed by atoms with Gasteiger partial charge in [-0.1, -0.05) is 50.6 Å². The van der Waals surface area contributed by atoms with Crippen LogP contribution >= 0.6 is 0 Å². The summed E-state index contributed by atoms with van der Waals surface area (Å²) in [6.07, 6.45) is 14.9. The molecule has 1 aliphatic heterocycles. The van der Waals surface area contributed by atoms with Gasteiger partial charge in [0.15, 0.2) is 0 Å². The summed E-state index contributed by atoms with van der Waals surface area (Å²) in [6, 6.07) is 6.42. The van der Waals surface area contributed by atoms with Gasteiger partial charge < -0.3 is 20.5 Å². The second-order valence-electron chi connectivity index (χ2n) is 12.5. The van der Waals surface area contributed by atoms with Crippen LogP contribution < -0.4 is 16.0 Å². The number of aliphatic imine (C=N–C) groups is 1. The quantitative estimate of drug-likeness (QED) is 0.0757. The molecule has 2 atom stereocenters. The number of aryl methyl sites for hydroxylation is 1. The number of rotatable bonds is 12. The number of Topliss-reactive ketones (excluding diaryl/α,β-unsaturated/α-hetero) is 1. The van der Waals surface area contributed by atoms with Crippen LogP contribution in [0.25, 0.3) is 12.3 Å². The van der Waals surface area contributed by atoms with Gasteiger partial charge in [-0.25, -0.2) is 8.78 Å². The average Bonchev–Trinajstić information content (AvgIpc) is 3.36. The predicted octanol–water partition coefficient (Wildman–Crippen LogP) is 10.2. The zero-order chi connectivity index (χ0) is 37.7. The summed E-state index contributed by atoms with van der Waals surface area (Å²) in [6.45, 7) is 13.9. The van der Waals surface area contributed by atoms with Crippen LogP contribution in [-0.4, -0.2) is 43.2 Å². The number of nitrogens with two attached hydrogens (primary N) is 1. The van der Waals surface area contributed by atoms with Gasteiger partial charge in [-0.3, -0.25) is 9.79 Å². The Bertz CT molecular complexity index is 1740. The number of alkyl halides is 3. The first kappa shape index (κ1) is 40.7. The maximum absolute atomic E-state index is 14.9. The van der Waals surface area contributed by atoms with Crippen molar-refractivity contribution in [3.63, 3.8) is 0 Å². The van der Waals surface area contributed by atoms with Crippen molar-refractivity contribution < 1.29 is 26.7 Å². The summed E-state index contributed by atoms with van der Waals surface area (Å²) in [7, 11) is 1.72. The summed E-state index contributed by atoms with van der Waals surface area (Å²) < 4.78 is 68.9.